The maximum absolute atomic E-state index is 13.1. The highest BCUT2D eigenvalue weighted by Crippen LogP contribution is 2.45. The van der Waals surface area contributed by atoms with Gasteiger partial charge in [0.1, 0.15) is 11.5 Å². The third-order valence-electron chi connectivity index (χ3n) is 5.80. The third kappa shape index (κ3) is 4.91. The summed E-state index contributed by atoms with van der Waals surface area (Å²) in [5, 5.41) is 3.04. The van der Waals surface area contributed by atoms with E-state index in [4.69, 9.17) is 14.2 Å². The lowest BCUT2D eigenvalue weighted by molar-refractivity contribution is -0.119. The minimum Gasteiger partial charge on any atom is -0.497 e. The topological polar surface area (TPSA) is 56.8 Å². The Balaban J connectivity index is 1.87. The number of amides is 1. The molecule has 0 aromatic heterocycles. The van der Waals surface area contributed by atoms with Gasteiger partial charge in [-0.15, -0.1) is 0 Å². The molecule has 0 radical (unpaired) electrons. The van der Waals surface area contributed by atoms with Gasteiger partial charge in [0.2, 0.25) is 5.91 Å². The Bertz CT molecular complexity index is 818. The molecule has 0 unspecified atom stereocenters. The van der Waals surface area contributed by atoms with Crippen molar-refractivity contribution in [1.29, 1.82) is 0 Å². The van der Waals surface area contributed by atoms with E-state index in [-0.39, 0.29) is 17.4 Å². The number of hydrogen-bond acceptors (Lipinski definition) is 4. The lowest BCUT2D eigenvalue weighted by Crippen LogP contribution is -2.43. The predicted molar refractivity (Wildman–Crippen MR) is 115 cm³/mol. The molecule has 1 aliphatic heterocycles. The Labute approximate surface area is 173 Å². The molecule has 3 rings (SSSR count). The first-order chi connectivity index (χ1) is 14.0. The Hall–Kier alpha value is -2.53. The summed E-state index contributed by atoms with van der Waals surface area (Å²) in [5.74, 6) is 1.96. The fraction of sp³-hybridized carbons (Fsp3) is 0.458. The number of benzene rings is 2. The summed E-state index contributed by atoms with van der Waals surface area (Å²) in [7, 11) is 3.31. The number of nitrogens with one attached hydrogen (secondary N) is 1. The van der Waals surface area contributed by atoms with Crippen LogP contribution in [0.1, 0.15) is 38.7 Å². The molecule has 0 spiro atoms. The molecule has 2 aromatic rings. The molecular formula is C24H31NO4. The van der Waals surface area contributed by atoms with E-state index in [0.29, 0.717) is 18.9 Å². The molecule has 1 saturated heterocycles. The van der Waals surface area contributed by atoms with Crippen molar-refractivity contribution in [2.75, 3.05) is 26.1 Å². The minimum absolute atomic E-state index is 0.00882. The summed E-state index contributed by atoms with van der Waals surface area (Å²) in [6.45, 7) is 4.97. The van der Waals surface area contributed by atoms with E-state index in [1.807, 2.05) is 42.5 Å². The zero-order chi connectivity index (χ0) is 20.9. The van der Waals surface area contributed by atoms with Crippen LogP contribution in [-0.2, 0) is 14.9 Å². The molecular weight excluding hydrogens is 366 g/mol. The lowest BCUT2D eigenvalue weighted by atomic mass is 9.68. The normalized spacial score (nSPS) is 21.6. The first-order valence-electron chi connectivity index (χ1n) is 10.2. The number of rotatable bonds is 7. The second kappa shape index (κ2) is 9.31. The van der Waals surface area contributed by atoms with Crippen LogP contribution in [-0.4, -0.2) is 32.8 Å². The van der Waals surface area contributed by atoms with Gasteiger partial charge >= 0.3 is 0 Å². The van der Waals surface area contributed by atoms with Gasteiger partial charge in [-0.05, 0) is 49.1 Å². The standard InChI is InChI=1S/C24H31NO4/c1-17(2)22-15-24(13-14-29-22,20-7-5-6-8-21(20)28-4)16-23(26)25-18-9-11-19(27-3)12-10-18/h5-12,17,22H,13-16H2,1-4H3,(H,25,26)/t22-,24+/m0/s1. The summed E-state index contributed by atoms with van der Waals surface area (Å²) in [6, 6.07) is 15.4. The van der Waals surface area contributed by atoms with Crippen molar-refractivity contribution < 1.29 is 19.0 Å². The number of ether oxygens (including phenoxy) is 3. The number of carbonyl (C=O) groups excluding carboxylic acids is 1. The highest BCUT2D eigenvalue weighted by molar-refractivity contribution is 5.91. The van der Waals surface area contributed by atoms with Crippen LogP contribution in [0.25, 0.3) is 0 Å². The van der Waals surface area contributed by atoms with Gasteiger partial charge in [0.25, 0.3) is 0 Å². The molecule has 0 aliphatic carbocycles. The van der Waals surface area contributed by atoms with Crippen molar-refractivity contribution in [1.82, 2.24) is 0 Å². The molecule has 1 aliphatic rings. The zero-order valence-corrected chi connectivity index (χ0v) is 17.7. The van der Waals surface area contributed by atoms with Gasteiger partial charge in [0.15, 0.2) is 0 Å². The second-order valence-electron chi connectivity index (χ2n) is 8.04. The van der Waals surface area contributed by atoms with Crippen molar-refractivity contribution in [3.63, 3.8) is 0 Å². The number of para-hydroxylation sites is 1. The van der Waals surface area contributed by atoms with E-state index in [0.717, 1.165) is 35.6 Å². The average Bonchev–Trinajstić information content (AvgIpc) is 2.74. The largest absolute Gasteiger partial charge is 0.497 e. The molecule has 2 atom stereocenters. The maximum atomic E-state index is 13.1. The Morgan fingerprint density at radius 1 is 1.14 bits per heavy atom. The Kier molecular flexibility index (Phi) is 6.80. The monoisotopic (exact) mass is 397 g/mol. The molecule has 5 heteroatoms. The summed E-state index contributed by atoms with van der Waals surface area (Å²) < 4.78 is 16.9. The van der Waals surface area contributed by atoms with Gasteiger partial charge in [-0.2, -0.15) is 0 Å². The van der Waals surface area contributed by atoms with E-state index in [1.54, 1.807) is 14.2 Å². The molecule has 1 N–H and O–H groups in total. The van der Waals surface area contributed by atoms with Crippen LogP contribution in [0.4, 0.5) is 5.69 Å². The Morgan fingerprint density at radius 2 is 1.86 bits per heavy atom. The van der Waals surface area contributed by atoms with Crippen LogP contribution in [0, 0.1) is 5.92 Å². The summed E-state index contributed by atoms with van der Waals surface area (Å²) >= 11 is 0. The molecule has 156 valence electrons. The molecule has 2 aromatic carbocycles. The van der Waals surface area contributed by atoms with Crippen molar-refractivity contribution >= 4 is 11.6 Å². The number of hydrogen-bond donors (Lipinski definition) is 1. The predicted octanol–water partition coefficient (Wildman–Crippen LogP) is 4.81. The van der Waals surface area contributed by atoms with Crippen LogP contribution >= 0.6 is 0 Å². The SMILES string of the molecule is COc1ccc(NC(=O)C[C@@]2(c3ccccc3OC)CCO[C@H](C(C)C)C2)cc1. The van der Waals surface area contributed by atoms with Crippen molar-refractivity contribution in [3.8, 4) is 11.5 Å². The quantitative estimate of drug-likeness (QED) is 0.729. The van der Waals surface area contributed by atoms with Gasteiger partial charge in [-0.3, -0.25) is 4.79 Å². The van der Waals surface area contributed by atoms with Crippen LogP contribution in [0.2, 0.25) is 0 Å². The van der Waals surface area contributed by atoms with Gasteiger partial charge in [0, 0.05) is 29.7 Å². The molecule has 29 heavy (non-hydrogen) atoms. The zero-order valence-electron chi connectivity index (χ0n) is 17.7. The van der Waals surface area contributed by atoms with Crippen LogP contribution in [0.15, 0.2) is 48.5 Å². The summed E-state index contributed by atoms with van der Waals surface area (Å²) in [5.41, 5.74) is 1.52. The molecule has 1 amide bonds. The smallest absolute Gasteiger partial charge is 0.225 e. The first kappa shape index (κ1) is 21.2. The molecule has 1 heterocycles. The molecule has 0 saturated carbocycles. The maximum Gasteiger partial charge on any atom is 0.225 e. The van der Waals surface area contributed by atoms with E-state index in [1.165, 1.54) is 0 Å². The van der Waals surface area contributed by atoms with Crippen molar-refractivity contribution in [2.24, 2.45) is 5.92 Å². The average molecular weight is 398 g/mol. The second-order valence-corrected chi connectivity index (χ2v) is 8.04. The molecule has 5 nitrogen and oxygen atoms in total. The number of methoxy groups -OCH3 is 2. The van der Waals surface area contributed by atoms with Gasteiger partial charge < -0.3 is 19.5 Å². The first-order valence-corrected chi connectivity index (χ1v) is 10.2. The van der Waals surface area contributed by atoms with E-state index >= 15 is 0 Å². The molecule has 1 fully saturated rings. The van der Waals surface area contributed by atoms with Crippen molar-refractivity contribution in [3.05, 3.63) is 54.1 Å². The van der Waals surface area contributed by atoms with Crippen LogP contribution in [0.3, 0.4) is 0 Å². The van der Waals surface area contributed by atoms with Crippen molar-refractivity contribution in [2.45, 2.75) is 44.6 Å². The summed E-state index contributed by atoms with van der Waals surface area (Å²) in [4.78, 5) is 13.1. The number of anilines is 1. The minimum atomic E-state index is -0.323. The van der Waals surface area contributed by atoms with E-state index < -0.39 is 0 Å². The Morgan fingerprint density at radius 3 is 2.52 bits per heavy atom. The highest BCUT2D eigenvalue weighted by atomic mass is 16.5. The lowest BCUT2D eigenvalue weighted by Gasteiger charge is -2.43. The van der Waals surface area contributed by atoms with Crippen LogP contribution < -0.4 is 14.8 Å². The summed E-state index contributed by atoms with van der Waals surface area (Å²) in [6.07, 6.45) is 2.07. The van der Waals surface area contributed by atoms with E-state index in [9.17, 15) is 4.79 Å². The van der Waals surface area contributed by atoms with Gasteiger partial charge in [-0.1, -0.05) is 32.0 Å². The van der Waals surface area contributed by atoms with Gasteiger partial charge in [0.05, 0.1) is 20.3 Å². The fourth-order valence-electron chi connectivity index (χ4n) is 4.15. The molecule has 0 bridgehead atoms. The van der Waals surface area contributed by atoms with Gasteiger partial charge in [-0.25, -0.2) is 0 Å². The fourth-order valence-corrected chi connectivity index (χ4v) is 4.15. The number of carbonyl (C=O) groups is 1. The third-order valence-corrected chi connectivity index (χ3v) is 5.80. The van der Waals surface area contributed by atoms with E-state index in [2.05, 4.69) is 25.2 Å². The highest BCUT2D eigenvalue weighted by Gasteiger charge is 2.42. The van der Waals surface area contributed by atoms with Crippen LogP contribution in [0.5, 0.6) is 11.5 Å².